The smallest absolute Gasteiger partial charge is 0.343 e. The highest BCUT2D eigenvalue weighted by Crippen LogP contribution is 2.38. The van der Waals surface area contributed by atoms with Crippen molar-refractivity contribution in [2.75, 3.05) is 6.79 Å². The van der Waals surface area contributed by atoms with Crippen molar-refractivity contribution in [2.24, 2.45) is 0 Å². The van der Waals surface area contributed by atoms with Gasteiger partial charge in [-0.1, -0.05) is 6.07 Å². The van der Waals surface area contributed by atoms with Crippen LogP contribution in [-0.4, -0.2) is 23.5 Å². The highest BCUT2D eigenvalue weighted by molar-refractivity contribution is 6.15. The molecule has 1 aromatic heterocycles. The molecule has 7 nitrogen and oxygen atoms in total. The molecule has 0 bridgehead atoms. The number of hydrogen-bond acceptors (Lipinski definition) is 7. The molecule has 3 aromatic rings. The lowest BCUT2D eigenvalue weighted by Gasteiger charge is -2.08. The number of ketones is 1. The maximum Gasteiger partial charge on any atom is 0.343 e. The third kappa shape index (κ3) is 3.16. The van der Waals surface area contributed by atoms with Gasteiger partial charge >= 0.3 is 5.97 Å². The number of fused-ring (bicyclic) bond motifs is 2. The summed E-state index contributed by atoms with van der Waals surface area (Å²) in [5.41, 5.74) is 2.18. The number of aromatic nitrogens is 1. The van der Waals surface area contributed by atoms with Gasteiger partial charge in [-0.15, -0.1) is 0 Å². The van der Waals surface area contributed by atoms with Crippen LogP contribution in [0.25, 0.3) is 6.08 Å². The van der Waals surface area contributed by atoms with Crippen molar-refractivity contribution in [3.05, 3.63) is 82.9 Å². The van der Waals surface area contributed by atoms with E-state index in [1.54, 1.807) is 55.7 Å². The number of esters is 1. The number of carbonyl (C=O) groups excluding carboxylic acids is 2. The van der Waals surface area contributed by atoms with Crippen LogP contribution in [0.4, 0.5) is 0 Å². The zero-order chi connectivity index (χ0) is 20.7. The molecule has 0 unspecified atom stereocenters. The van der Waals surface area contributed by atoms with Gasteiger partial charge in [0.1, 0.15) is 11.5 Å². The van der Waals surface area contributed by atoms with E-state index in [1.165, 1.54) is 6.07 Å². The molecule has 0 atom stereocenters. The minimum atomic E-state index is -0.553. The first-order valence-corrected chi connectivity index (χ1v) is 9.19. The summed E-state index contributed by atoms with van der Waals surface area (Å²) >= 11 is 0. The molecule has 7 heteroatoms. The normalized spacial score (nSPS) is 15.1. The number of hydrogen-bond donors (Lipinski definition) is 0. The Balaban J connectivity index is 1.40. The van der Waals surface area contributed by atoms with Crippen LogP contribution in [0.1, 0.15) is 31.8 Å². The molecule has 30 heavy (non-hydrogen) atoms. The average Bonchev–Trinajstić information content (AvgIpc) is 3.33. The molecule has 2 aromatic carbocycles. The lowest BCUT2D eigenvalue weighted by Crippen LogP contribution is -2.08. The van der Waals surface area contributed by atoms with Crippen molar-refractivity contribution in [1.82, 2.24) is 4.98 Å². The van der Waals surface area contributed by atoms with Crippen molar-refractivity contribution >= 4 is 17.8 Å². The van der Waals surface area contributed by atoms with Crippen molar-refractivity contribution in [1.29, 1.82) is 0 Å². The van der Waals surface area contributed by atoms with E-state index in [2.05, 4.69) is 4.98 Å². The third-order valence-corrected chi connectivity index (χ3v) is 4.74. The van der Waals surface area contributed by atoms with E-state index < -0.39 is 5.97 Å². The number of benzene rings is 2. The summed E-state index contributed by atoms with van der Waals surface area (Å²) in [5, 5.41) is 0. The molecule has 3 heterocycles. The fraction of sp³-hybridized carbons (Fsp3) is 0.0870. The van der Waals surface area contributed by atoms with Crippen LogP contribution in [0.2, 0.25) is 0 Å². The second-order valence-electron chi connectivity index (χ2n) is 6.80. The molecule has 0 fully saturated rings. The number of aryl methyl sites for hydroxylation is 1. The highest BCUT2D eigenvalue weighted by Gasteiger charge is 2.30. The van der Waals surface area contributed by atoms with E-state index >= 15 is 0 Å². The van der Waals surface area contributed by atoms with Gasteiger partial charge in [-0.3, -0.25) is 9.78 Å². The predicted octanol–water partition coefficient (Wildman–Crippen LogP) is 3.95. The molecule has 0 saturated heterocycles. The molecule has 2 aliphatic rings. The predicted molar refractivity (Wildman–Crippen MR) is 106 cm³/mol. The lowest BCUT2D eigenvalue weighted by atomic mass is 10.0. The molecule has 2 aliphatic heterocycles. The number of Topliss-reactive ketones (excluding diaryl/α,β-unsaturated/α-hetero) is 1. The summed E-state index contributed by atoms with van der Waals surface area (Å²) in [6.45, 7) is 1.89. The maximum absolute atomic E-state index is 12.7. The molecule has 5 rings (SSSR count). The van der Waals surface area contributed by atoms with Gasteiger partial charge in [-0.25, -0.2) is 4.79 Å². The van der Waals surface area contributed by atoms with Gasteiger partial charge in [0.15, 0.2) is 17.3 Å². The van der Waals surface area contributed by atoms with Crippen LogP contribution in [-0.2, 0) is 0 Å². The van der Waals surface area contributed by atoms with Crippen LogP contribution < -0.4 is 18.9 Å². The Kier molecular flexibility index (Phi) is 4.21. The Morgan fingerprint density at radius 3 is 2.80 bits per heavy atom. The van der Waals surface area contributed by atoms with Crippen LogP contribution >= 0.6 is 0 Å². The standard InChI is InChI=1S/C23H15NO6/c1-13-7-16(29-23(26)15-4-5-17-18(9-15)28-12-27-17)10-19-21(13)22(25)20(30-19)8-14-3-2-6-24-11-14/h2-11H,12H2,1H3. The second kappa shape index (κ2) is 7.04. The Morgan fingerprint density at radius 1 is 1.10 bits per heavy atom. The Bertz CT molecular complexity index is 1220. The van der Waals surface area contributed by atoms with E-state index in [0.29, 0.717) is 33.9 Å². The van der Waals surface area contributed by atoms with Crippen molar-refractivity contribution < 1.29 is 28.5 Å². The highest BCUT2D eigenvalue weighted by atomic mass is 16.7. The minimum Gasteiger partial charge on any atom is -0.454 e. The number of rotatable bonds is 3. The number of ether oxygens (including phenoxy) is 4. The van der Waals surface area contributed by atoms with E-state index in [9.17, 15) is 9.59 Å². The van der Waals surface area contributed by atoms with E-state index in [0.717, 1.165) is 5.56 Å². The SMILES string of the molecule is Cc1cc(OC(=O)c2ccc3c(c2)OCO3)cc2c1C(=O)C(=Cc1cccnc1)O2. The van der Waals surface area contributed by atoms with Gasteiger partial charge in [-0.2, -0.15) is 0 Å². The topological polar surface area (TPSA) is 84.0 Å². The number of pyridine rings is 1. The monoisotopic (exact) mass is 401 g/mol. The fourth-order valence-electron chi connectivity index (χ4n) is 3.34. The summed E-state index contributed by atoms with van der Waals surface area (Å²) < 4.78 is 21.8. The molecule has 0 radical (unpaired) electrons. The van der Waals surface area contributed by atoms with Crippen LogP contribution in [0.3, 0.4) is 0 Å². The lowest BCUT2D eigenvalue weighted by molar-refractivity contribution is 0.0734. The summed E-state index contributed by atoms with van der Waals surface area (Å²) in [6.07, 6.45) is 4.92. The molecule has 148 valence electrons. The number of nitrogens with zero attached hydrogens (tertiary/aromatic N) is 1. The Morgan fingerprint density at radius 2 is 1.97 bits per heavy atom. The van der Waals surface area contributed by atoms with Gasteiger partial charge in [0.2, 0.25) is 12.6 Å². The number of carbonyl (C=O) groups is 2. The van der Waals surface area contributed by atoms with E-state index in [4.69, 9.17) is 18.9 Å². The van der Waals surface area contributed by atoms with Gasteiger partial charge in [0.25, 0.3) is 0 Å². The Labute approximate surface area is 171 Å². The van der Waals surface area contributed by atoms with E-state index in [-0.39, 0.29) is 24.1 Å². The summed E-state index contributed by atoms with van der Waals surface area (Å²) in [7, 11) is 0. The molecule has 0 N–H and O–H groups in total. The Hall–Kier alpha value is -4.13. The zero-order valence-electron chi connectivity index (χ0n) is 15.9. The molecular formula is C23H15NO6. The maximum atomic E-state index is 12.7. The van der Waals surface area contributed by atoms with Crippen molar-refractivity contribution in [2.45, 2.75) is 6.92 Å². The molecule has 0 spiro atoms. The van der Waals surface area contributed by atoms with E-state index in [1.807, 2.05) is 6.07 Å². The van der Waals surface area contributed by atoms with Gasteiger partial charge in [0, 0.05) is 18.5 Å². The molecule has 0 amide bonds. The first kappa shape index (κ1) is 17.9. The number of allylic oxidation sites excluding steroid dienone is 1. The minimum absolute atomic E-state index is 0.123. The first-order valence-electron chi connectivity index (χ1n) is 9.19. The quantitative estimate of drug-likeness (QED) is 0.373. The van der Waals surface area contributed by atoms with Crippen molar-refractivity contribution in [3.8, 4) is 23.0 Å². The second-order valence-corrected chi connectivity index (χ2v) is 6.80. The molecular weight excluding hydrogens is 386 g/mol. The summed E-state index contributed by atoms with van der Waals surface area (Å²) in [6, 6.07) is 11.6. The first-order chi connectivity index (χ1) is 14.6. The van der Waals surface area contributed by atoms with Gasteiger partial charge in [-0.05, 0) is 54.5 Å². The summed E-state index contributed by atoms with van der Waals surface area (Å²) in [5.74, 6) is 1.13. The average molecular weight is 401 g/mol. The zero-order valence-corrected chi connectivity index (χ0v) is 15.9. The van der Waals surface area contributed by atoms with Crippen LogP contribution in [0.15, 0.2) is 60.6 Å². The molecule has 0 aliphatic carbocycles. The van der Waals surface area contributed by atoms with Gasteiger partial charge < -0.3 is 18.9 Å². The largest absolute Gasteiger partial charge is 0.454 e. The molecule has 0 saturated carbocycles. The summed E-state index contributed by atoms with van der Waals surface area (Å²) in [4.78, 5) is 29.3. The third-order valence-electron chi connectivity index (χ3n) is 4.74. The fourth-order valence-corrected chi connectivity index (χ4v) is 3.34. The van der Waals surface area contributed by atoms with Crippen molar-refractivity contribution in [3.63, 3.8) is 0 Å². The van der Waals surface area contributed by atoms with Crippen LogP contribution in [0, 0.1) is 6.92 Å². The van der Waals surface area contributed by atoms with Gasteiger partial charge in [0.05, 0.1) is 11.1 Å². The van der Waals surface area contributed by atoms with Crippen LogP contribution in [0.5, 0.6) is 23.0 Å².